The first kappa shape index (κ1) is 40.4. The third-order valence-corrected chi connectivity index (χ3v) is 16.7. The minimum atomic E-state index is 0.140. The van der Waals surface area contributed by atoms with Gasteiger partial charge in [-0.05, 0) is 148 Å². The van der Waals surface area contributed by atoms with Gasteiger partial charge in [0.15, 0.2) is 0 Å². The van der Waals surface area contributed by atoms with E-state index in [9.17, 15) is 0 Å². The molecule has 5 aromatic carbocycles. The molecule has 0 fully saturated rings. The Kier molecular flexibility index (Phi) is 9.60. The minimum Gasteiger partial charge on any atom is -0.363 e. The van der Waals surface area contributed by atoms with Crippen LogP contribution in [0.25, 0.3) is 22.3 Å². The SMILES string of the molecule is CC1CC(N2C3=C(C=CCC3)C3c4ccccc4N(C4=CC(C5=CCCC6(C)C=CC=CC56)=CCC4)C3c3ccccc32)=CC=C1C1c2ccc(-c3ccccc3)cc2-c2ccccc2N1C. The summed E-state index contributed by atoms with van der Waals surface area (Å²) in [6, 6.07) is 46.1. The maximum atomic E-state index is 2.79. The molecule has 6 unspecified atom stereocenters. The molecule has 6 atom stereocenters. The van der Waals surface area contributed by atoms with E-state index in [1.807, 2.05) is 0 Å². The van der Waals surface area contributed by atoms with Gasteiger partial charge in [-0.15, -0.1) is 0 Å². The van der Waals surface area contributed by atoms with Crippen LogP contribution in [0.1, 0.15) is 93.5 Å². The Morgan fingerprint density at radius 3 is 2.31 bits per heavy atom. The second-order valence-electron chi connectivity index (χ2n) is 20.5. The van der Waals surface area contributed by atoms with Crippen LogP contribution in [0, 0.1) is 17.3 Å². The van der Waals surface area contributed by atoms with Crippen LogP contribution in [0.2, 0.25) is 0 Å². The summed E-state index contributed by atoms with van der Waals surface area (Å²) < 4.78 is 0. The Labute approximate surface area is 397 Å². The number of anilines is 3. The number of fused-ring (bicyclic) bond motifs is 10. The lowest BCUT2D eigenvalue weighted by molar-refractivity contribution is 0.303. The quantitative estimate of drug-likeness (QED) is 0.174. The highest BCUT2D eigenvalue weighted by atomic mass is 15.2. The monoisotopic (exact) mass is 869 g/mol. The highest BCUT2D eigenvalue weighted by Gasteiger charge is 2.48. The molecule has 0 saturated heterocycles. The molecule has 0 aromatic heterocycles. The molecule has 3 heteroatoms. The second-order valence-corrected chi connectivity index (χ2v) is 20.5. The molecular weight excluding hydrogens is 811 g/mol. The fraction of sp³-hybridized carbons (Fsp3) is 0.250. The molecular formula is C64H59N3. The van der Waals surface area contributed by atoms with Gasteiger partial charge in [-0.2, -0.15) is 0 Å². The van der Waals surface area contributed by atoms with Gasteiger partial charge in [0.1, 0.15) is 0 Å². The van der Waals surface area contributed by atoms with Crippen molar-refractivity contribution in [3.8, 4) is 22.3 Å². The maximum Gasteiger partial charge on any atom is 0.0764 e. The van der Waals surface area contributed by atoms with Crippen LogP contribution >= 0.6 is 0 Å². The van der Waals surface area contributed by atoms with Gasteiger partial charge >= 0.3 is 0 Å². The Balaban J connectivity index is 0.921. The van der Waals surface area contributed by atoms with E-state index >= 15 is 0 Å². The van der Waals surface area contributed by atoms with Crippen molar-refractivity contribution >= 4 is 17.1 Å². The lowest BCUT2D eigenvalue weighted by atomic mass is 9.63. The highest BCUT2D eigenvalue weighted by molar-refractivity contribution is 5.88. The van der Waals surface area contributed by atoms with E-state index in [2.05, 4.69) is 224 Å². The van der Waals surface area contributed by atoms with Gasteiger partial charge in [0.25, 0.3) is 0 Å². The van der Waals surface area contributed by atoms with Crippen molar-refractivity contribution in [1.29, 1.82) is 0 Å². The lowest BCUT2D eigenvalue weighted by Gasteiger charge is -2.43. The summed E-state index contributed by atoms with van der Waals surface area (Å²) in [6.45, 7) is 4.94. The zero-order chi connectivity index (χ0) is 44.8. The van der Waals surface area contributed by atoms with Crippen LogP contribution in [0.15, 0.2) is 228 Å². The molecule has 3 nitrogen and oxygen atoms in total. The minimum absolute atomic E-state index is 0.140. The van der Waals surface area contributed by atoms with E-state index < -0.39 is 0 Å². The fourth-order valence-electron chi connectivity index (χ4n) is 13.5. The van der Waals surface area contributed by atoms with Gasteiger partial charge in [0, 0.05) is 52.9 Å². The number of para-hydroxylation sites is 3. The Morgan fingerprint density at radius 1 is 0.657 bits per heavy atom. The summed E-state index contributed by atoms with van der Waals surface area (Å²) >= 11 is 0. The van der Waals surface area contributed by atoms with Gasteiger partial charge in [-0.1, -0.05) is 166 Å². The van der Waals surface area contributed by atoms with E-state index in [4.69, 9.17) is 0 Å². The molecule has 67 heavy (non-hydrogen) atoms. The van der Waals surface area contributed by atoms with Crippen molar-refractivity contribution in [2.24, 2.45) is 17.3 Å². The molecule has 13 rings (SSSR count). The maximum absolute atomic E-state index is 2.79. The van der Waals surface area contributed by atoms with Gasteiger partial charge in [-0.3, -0.25) is 0 Å². The number of benzene rings is 5. The number of rotatable bonds is 5. The fourth-order valence-corrected chi connectivity index (χ4v) is 13.5. The third kappa shape index (κ3) is 6.37. The smallest absolute Gasteiger partial charge is 0.0764 e. The molecule has 330 valence electrons. The van der Waals surface area contributed by atoms with E-state index in [0.717, 1.165) is 38.5 Å². The van der Waals surface area contributed by atoms with Crippen LogP contribution in [0.3, 0.4) is 0 Å². The first-order valence-electron chi connectivity index (χ1n) is 25.0. The Bertz CT molecular complexity index is 3140. The molecule has 5 aliphatic carbocycles. The first-order valence-corrected chi connectivity index (χ1v) is 25.0. The molecule has 8 aliphatic rings. The average Bonchev–Trinajstić information content (AvgIpc) is 3.66. The third-order valence-electron chi connectivity index (χ3n) is 16.7. The zero-order valence-electron chi connectivity index (χ0n) is 39.1. The summed E-state index contributed by atoms with van der Waals surface area (Å²) in [5.41, 5.74) is 23.8. The van der Waals surface area contributed by atoms with Gasteiger partial charge < -0.3 is 14.7 Å². The van der Waals surface area contributed by atoms with Crippen molar-refractivity contribution < 1.29 is 0 Å². The number of hydrogen-bond acceptors (Lipinski definition) is 3. The Hall–Kier alpha value is -6.84. The van der Waals surface area contributed by atoms with Gasteiger partial charge in [0.05, 0.1) is 17.8 Å². The van der Waals surface area contributed by atoms with Crippen LogP contribution in [0.5, 0.6) is 0 Å². The first-order chi connectivity index (χ1) is 32.9. The largest absolute Gasteiger partial charge is 0.363 e. The van der Waals surface area contributed by atoms with Crippen LogP contribution < -0.4 is 14.7 Å². The Morgan fingerprint density at radius 2 is 1.45 bits per heavy atom. The average molecular weight is 870 g/mol. The molecule has 0 spiro atoms. The number of allylic oxidation sites excluding steroid dienone is 16. The van der Waals surface area contributed by atoms with E-state index in [1.165, 1.54) is 102 Å². The van der Waals surface area contributed by atoms with Crippen molar-refractivity contribution in [2.75, 3.05) is 21.7 Å². The van der Waals surface area contributed by atoms with Crippen LogP contribution in [-0.4, -0.2) is 7.05 Å². The highest BCUT2D eigenvalue weighted by Crippen LogP contribution is 2.61. The van der Waals surface area contributed by atoms with Crippen LogP contribution in [0.4, 0.5) is 17.1 Å². The van der Waals surface area contributed by atoms with Gasteiger partial charge in [0.2, 0.25) is 0 Å². The molecule has 5 aromatic rings. The molecule has 0 saturated carbocycles. The molecule has 0 amide bonds. The number of nitrogens with zero attached hydrogens (tertiary/aromatic N) is 3. The van der Waals surface area contributed by atoms with E-state index in [-0.39, 0.29) is 23.4 Å². The van der Waals surface area contributed by atoms with Crippen molar-refractivity contribution in [3.63, 3.8) is 0 Å². The van der Waals surface area contributed by atoms with Gasteiger partial charge in [-0.25, -0.2) is 0 Å². The van der Waals surface area contributed by atoms with E-state index in [0.29, 0.717) is 11.8 Å². The molecule has 3 aliphatic heterocycles. The predicted octanol–water partition coefficient (Wildman–Crippen LogP) is 16.2. The number of hydrogen-bond donors (Lipinski definition) is 0. The van der Waals surface area contributed by atoms with Crippen molar-refractivity contribution in [3.05, 3.63) is 244 Å². The summed E-state index contributed by atoms with van der Waals surface area (Å²) in [5.74, 6) is 0.961. The molecule has 3 heterocycles. The summed E-state index contributed by atoms with van der Waals surface area (Å²) in [5, 5.41) is 0. The lowest BCUT2D eigenvalue weighted by Crippen LogP contribution is -2.33. The van der Waals surface area contributed by atoms with E-state index in [1.54, 1.807) is 0 Å². The topological polar surface area (TPSA) is 9.72 Å². The summed E-state index contributed by atoms with van der Waals surface area (Å²) in [4.78, 5) is 8.05. The standard InChI is InChI=1S/C64H59N3/c1-42-39-47(34-36-48(42)62-51-35-33-44(43-19-5-4-6-20-43)41-55(51)50-23-7-11-29-57(50)65(62)3)66-58-30-12-8-24-52(58)61-53-25-9-13-31-59(53)67(63(61)54-26-10-14-32-60(54)66)46-22-17-21-45(40-46)49-27-18-38-64(2)37-16-15-28-56(49)64/h4-11,13-16,19-21,23-29,31-37,40-42,56,61-63H,12,17-18,22,30,38-39H2,1-3H3. The molecule has 0 radical (unpaired) electrons. The van der Waals surface area contributed by atoms with Crippen molar-refractivity contribution in [1.82, 2.24) is 0 Å². The normalized spacial score (nSPS) is 26.6. The van der Waals surface area contributed by atoms with Crippen molar-refractivity contribution in [2.45, 2.75) is 76.8 Å². The second kappa shape index (κ2) is 15.9. The molecule has 0 bridgehead atoms. The molecule has 0 N–H and O–H groups in total. The zero-order valence-corrected chi connectivity index (χ0v) is 39.1. The summed E-state index contributed by atoms with van der Waals surface area (Å²) in [7, 11) is 2.30. The van der Waals surface area contributed by atoms with Crippen LogP contribution in [-0.2, 0) is 0 Å². The summed E-state index contributed by atoms with van der Waals surface area (Å²) in [6.07, 6.45) is 34.6. The number of likely N-dealkylation sites (N-methyl/N-ethyl adjacent to an activating group) is 1. The predicted molar refractivity (Wildman–Crippen MR) is 280 cm³/mol.